The Labute approximate surface area is 299 Å². The molecule has 0 spiro atoms. The topological polar surface area (TPSA) is 85.2 Å². The third-order valence-electron chi connectivity index (χ3n) is 9.35. The van der Waals surface area contributed by atoms with Crippen molar-refractivity contribution in [2.45, 2.75) is 31.1 Å². The van der Waals surface area contributed by atoms with Gasteiger partial charge in [0.05, 0.1) is 18.7 Å². The molecular weight excluding hydrogens is 665 g/mol. The van der Waals surface area contributed by atoms with Gasteiger partial charge < -0.3 is 10.2 Å². The minimum atomic E-state index is -4.45. The van der Waals surface area contributed by atoms with Crippen molar-refractivity contribution in [1.29, 1.82) is 0 Å². The van der Waals surface area contributed by atoms with E-state index in [-0.39, 0.29) is 12.0 Å². The molecule has 0 bridgehead atoms. The van der Waals surface area contributed by atoms with E-state index in [1.54, 1.807) is 11.7 Å². The Balaban J connectivity index is 1.24. The van der Waals surface area contributed by atoms with Gasteiger partial charge in [-0.1, -0.05) is 140 Å². The summed E-state index contributed by atoms with van der Waals surface area (Å²) in [6.45, 7) is 0.335. The summed E-state index contributed by atoms with van der Waals surface area (Å²) in [5, 5.41) is 15.4. The van der Waals surface area contributed by atoms with Gasteiger partial charge in [0, 0.05) is 17.7 Å². The third kappa shape index (κ3) is 6.58. The number of hydrazine groups is 1. The Morgan fingerprint density at radius 3 is 1.79 bits per heavy atom. The minimum absolute atomic E-state index is 0.174. The van der Waals surface area contributed by atoms with Gasteiger partial charge in [0.25, 0.3) is 0 Å². The molecule has 2 heterocycles. The second-order valence-corrected chi connectivity index (χ2v) is 12.5. The van der Waals surface area contributed by atoms with Crippen molar-refractivity contribution in [3.8, 4) is 22.5 Å². The normalized spacial score (nSPS) is 15.1. The van der Waals surface area contributed by atoms with Gasteiger partial charge in [-0.15, -0.1) is 15.0 Å². The van der Waals surface area contributed by atoms with Crippen LogP contribution in [0, 0.1) is 0 Å². The fourth-order valence-corrected chi connectivity index (χ4v) is 6.93. The molecule has 0 saturated heterocycles. The molecule has 1 aromatic heterocycles. The molecule has 7 rings (SSSR count). The van der Waals surface area contributed by atoms with E-state index in [4.69, 9.17) is 15.0 Å². The van der Waals surface area contributed by atoms with Gasteiger partial charge in [0.2, 0.25) is 5.82 Å². The predicted molar refractivity (Wildman–Crippen MR) is 191 cm³/mol. The molecule has 6 aromatic rings. The van der Waals surface area contributed by atoms with Crippen LogP contribution in [0.15, 0.2) is 151 Å². The highest BCUT2D eigenvalue weighted by molar-refractivity contribution is 5.91. The first kappa shape index (κ1) is 34.4. The van der Waals surface area contributed by atoms with Crippen LogP contribution in [-0.2, 0) is 21.5 Å². The quantitative estimate of drug-likeness (QED) is 0.117. The summed E-state index contributed by atoms with van der Waals surface area (Å²) in [7, 11) is 1.22. The molecule has 1 unspecified atom stereocenters. The van der Waals surface area contributed by atoms with Gasteiger partial charge in [-0.25, -0.2) is 9.80 Å². The first-order valence-electron chi connectivity index (χ1n) is 16.8. The highest BCUT2D eigenvalue weighted by Crippen LogP contribution is 2.40. The lowest BCUT2D eigenvalue weighted by atomic mass is 9.77. The Morgan fingerprint density at radius 2 is 1.27 bits per heavy atom. The third-order valence-corrected chi connectivity index (χ3v) is 9.35. The van der Waals surface area contributed by atoms with Gasteiger partial charge in [-0.2, -0.15) is 13.2 Å². The summed E-state index contributed by atoms with van der Waals surface area (Å²) in [6, 6.07) is 45.0. The number of nitrogens with one attached hydrogen (secondary N) is 1. The molecule has 1 aliphatic rings. The number of hydrogen-bond acceptors (Lipinski definition) is 7. The Kier molecular flexibility index (Phi) is 9.44. The van der Waals surface area contributed by atoms with Crippen molar-refractivity contribution in [2.24, 2.45) is 0 Å². The van der Waals surface area contributed by atoms with Crippen LogP contribution in [-0.4, -0.2) is 57.1 Å². The molecule has 0 aliphatic carbocycles. The monoisotopic (exact) mass is 700 g/mol. The van der Waals surface area contributed by atoms with Gasteiger partial charge >= 0.3 is 12.1 Å². The Hall–Kier alpha value is -6.07. The molecule has 262 valence electrons. The molecule has 1 atom stereocenters. The van der Waals surface area contributed by atoms with Crippen molar-refractivity contribution in [3.63, 3.8) is 0 Å². The molecule has 8 nitrogen and oxygen atoms in total. The Morgan fingerprint density at radius 1 is 0.750 bits per heavy atom. The van der Waals surface area contributed by atoms with Crippen LogP contribution in [0.2, 0.25) is 0 Å². The molecule has 0 radical (unpaired) electrons. The average Bonchev–Trinajstić information content (AvgIpc) is 3.77. The van der Waals surface area contributed by atoms with Crippen molar-refractivity contribution in [1.82, 2.24) is 30.6 Å². The average molecular weight is 701 g/mol. The van der Waals surface area contributed by atoms with E-state index >= 15 is 0 Å². The van der Waals surface area contributed by atoms with E-state index in [1.165, 1.54) is 7.11 Å². The number of carbonyl (C=O) groups is 1. The van der Waals surface area contributed by atoms with Crippen molar-refractivity contribution >= 4 is 5.97 Å². The number of nitrogens with zero attached hydrogens (tertiary/aromatic N) is 5. The molecule has 1 N–H and O–H groups in total. The summed E-state index contributed by atoms with van der Waals surface area (Å²) < 4.78 is 44.7. The molecular formula is C41H35F3N6O2. The summed E-state index contributed by atoms with van der Waals surface area (Å²) >= 11 is 0. The number of ether oxygens (including phenoxy) is 1. The number of benzene rings is 5. The van der Waals surface area contributed by atoms with Gasteiger partial charge in [0.1, 0.15) is 6.54 Å². The zero-order valence-corrected chi connectivity index (χ0v) is 28.5. The summed E-state index contributed by atoms with van der Waals surface area (Å²) in [5.74, 6) is -0.227. The molecule has 11 heteroatoms. The van der Waals surface area contributed by atoms with E-state index in [2.05, 4.69) is 46.9 Å². The van der Waals surface area contributed by atoms with E-state index in [0.29, 0.717) is 11.5 Å². The van der Waals surface area contributed by atoms with Crippen LogP contribution >= 0.6 is 0 Å². The number of carbonyl (C=O) groups excluding carboxylic acids is 1. The number of methoxy groups -OCH3 is 1. The lowest BCUT2D eigenvalue weighted by molar-refractivity contribution is -0.154. The van der Waals surface area contributed by atoms with Crippen LogP contribution in [0.25, 0.3) is 22.5 Å². The number of esters is 1. The maximum atomic E-state index is 13.3. The maximum absolute atomic E-state index is 13.3. The zero-order valence-electron chi connectivity index (χ0n) is 28.5. The Bertz CT molecular complexity index is 2090. The smallest absolute Gasteiger partial charge is 0.403 e. The standard InChI is InChI=1S/C41H35F3N6O2/c1-28-37(39(51)52-2)36(46-49(28)27-40(42,43)44)26-29-22-24-30(25-23-29)34-20-12-13-21-35(34)38-45-48-50(47-38)41(31-14-6-3-7-15-31,32-16-8-4-9-17-32)33-18-10-5-11-19-33/h3-25,28,46H,26-27H2,1-2H3. The molecule has 0 saturated carbocycles. The van der Waals surface area contributed by atoms with Crippen LogP contribution < -0.4 is 5.43 Å². The largest absolute Gasteiger partial charge is 0.466 e. The van der Waals surface area contributed by atoms with Gasteiger partial charge in [0.15, 0.2) is 5.54 Å². The molecule has 52 heavy (non-hydrogen) atoms. The predicted octanol–water partition coefficient (Wildman–Crippen LogP) is 7.59. The number of allylic oxidation sites excluding steroid dienone is 1. The summed E-state index contributed by atoms with van der Waals surface area (Å²) in [5.41, 5.74) is 8.66. The van der Waals surface area contributed by atoms with Gasteiger partial charge in [-0.05, 0) is 45.5 Å². The fourth-order valence-electron chi connectivity index (χ4n) is 6.93. The number of alkyl halides is 3. The number of halogens is 3. The summed E-state index contributed by atoms with van der Waals surface area (Å²) in [6.07, 6.45) is -4.24. The SMILES string of the molecule is COC(=O)C1=C(Cc2ccc(-c3ccccc3-c3nnn(C(c4ccccc4)(c4ccccc4)c4ccccc4)n3)cc2)NN(CC(F)(F)F)C1C. The van der Waals surface area contributed by atoms with E-state index < -0.39 is 30.3 Å². The van der Waals surface area contributed by atoms with Crippen LogP contribution in [0.5, 0.6) is 0 Å². The maximum Gasteiger partial charge on any atom is 0.403 e. The van der Waals surface area contributed by atoms with Crippen LogP contribution in [0.4, 0.5) is 13.2 Å². The van der Waals surface area contributed by atoms with E-state index in [0.717, 1.165) is 44.0 Å². The molecule has 1 aliphatic heterocycles. The molecule has 5 aromatic carbocycles. The van der Waals surface area contributed by atoms with E-state index in [1.807, 2.05) is 103 Å². The second-order valence-electron chi connectivity index (χ2n) is 12.5. The zero-order chi connectivity index (χ0) is 36.3. The van der Waals surface area contributed by atoms with Crippen molar-refractivity contribution in [2.75, 3.05) is 13.7 Å². The first-order valence-corrected chi connectivity index (χ1v) is 16.8. The lowest BCUT2D eigenvalue weighted by Crippen LogP contribution is -2.44. The van der Waals surface area contributed by atoms with Crippen molar-refractivity contribution in [3.05, 3.63) is 173 Å². The number of hydrogen-bond donors (Lipinski definition) is 1. The second kappa shape index (κ2) is 14.3. The molecule has 0 amide bonds. The number of aromatic nitrogens is 4. The van der Waals surface area contributed by atoms with Crippen molar-refractivity contribution < 1.29 is 22.7 Å². The minimum Gasteiger partial charge on any atom is -0.466 e. The number of tetrazole rings is 1. The lowest BCUT2D eigenvalue weighted by Gasteiger charge is -2.34. The summed E-state index contributed by atoms with van der Waals surface area (Å²) in [4.78, 5) is 14.3. The highest BCUT2D eigenvalue weighted by Gasteiger charge is 2.42. The van der Waals surface area contributed by atoms with Crippen LogP contribution in [0.1, 0.15) is 29.2 Å². The number of rotatable bonds is 10. The molecule has 0 fully saturated rings. The van der Waals surface area contributed by atoms with Gasteiger partial charge in [-0.3, -0.25) is 0 Å². The first-order chi connectivity index (χ1) is 25.2. The highest BCUT2D eigenvalue weighted by atomic mass is 19.4. The van der Waals surface area contributed by atoms with E-state index in [9.17, 15) is 18.0 Å². The fraction of sp³-hybridized carbons (Fsp3) is 0.171. The van der Waals surface area contributed by atoms with Crippen LogP contribution in [0.3, 0.4) is 0 Å².